The van der Waals surface area contributed by atoms with Crippen molar-refractivity contribution in [3.63, 3.8) is 0 Å². The lowest BCUT2D eigenvalue weighted by molar-refractivity contribution is -0.139. The van der Waals surface area contributed by atoms with Gasteiger partial charge in [0.25, 0.3) is 0 Å². The van der Waals surface area contributed by atoms with E-state index in [1.807, 2.05) is 13.8 Å². The van der Waals surface area contributed by atoms with Crippen molar-refractivity contribution in [2.75, 3.05) is 25.0 Å². The van der Waals surface area contributed by atoms with Crippen LogP contribution in [-0.2, 0) is 4.79 Å². The lowest BCUT2D eigenvalue weighted by Crippen LogP contribution is -2.34. The lowest BCUT2D eigenvalue weighted by atomic mass is 10.1. The summed E-state index contributed by atoms with van der Waals surface area (Å²) >= 11 is 7.15. The minimum absolute atomic E-state index is 0.0101. The van der Waals surface area contributed by atoms with Gasteiger partial charge >= 0.3 is 18.0 Å². The van der Waals surface area contributed by atoms with Gasteiger partial charge in [0.05, 0.1) is 4.88 Å². The number of carboxylic acids is 2. The standard InChI is InChI=1S/C18H19ClN2O6S/c1-3-21(4-2)18(26)20-11-7-5-6-10(8-11)15-13(19)14(27-9-12(22)23)16(28-15)17(24)25/h5-8H,3-4,9H2,1-2H3,(H,20,26)(H,22,23)(H,24,25). The second-order valence-corrected chi connectivity index (χ2v) is 6.97. The zero-order valence-corrected chi connectivity index (χ0v) is 16.8. The van der Waals surface area contributed by atoms with Crippen LogP contribution in [0.4, 0.5) is 10.5 Å². The molecule has 0 radical (unpaired) electrons. The van der Waals surface area contributed by atoms with Crippen LogP contribution in [0.1, 0.15) is 23.5 Å². The normalized spacial score (nSPS) is 10.4. The molecule has 0 fully saturated rings. The molecule has 2 amide bonds. The van der Waals surface area contributed by atoms with Gasteiger partial charge in [0.15, 0.2) is 17.2 Å². The van der Waals surface area contributed by atoms with Gasteiger partial charge in [-0.1, -0.05) is 23.7 Å². The average Bonchev–Trinajstić information content (AvgIpc) is 2.98. The zero-order valence-electron chi connectivity index (χ0n) is 15.2. The van der Waals surface area contributed by atoms with E-state index in [4.69, 9.17) is 21.4 Å². The van der Waals surface area contributed by atoms with Crippen molar-refractivity contribution in [3.8, 4) is 16.2 Å². The molecular formula is C18H19ClN2O6S. The van der Waals surface area contributed by atoms with E-state index < -0.39 is 18.5 Å². The molecule has 0 bridgehead atoms. The Balaban J connectivity index is 2.37. The van der Waals surface area contributed by atoms with E-state index in [9.17, 15) is 19.5 Å². The number of halogens is 1. The number of nitrogens with one attached hydrogen (secondary N) is 1. The Morgan fingerprint density at radius 1 is 1.21 bits per heavy atom. The molecule has 0 unspecified atom stereocenters. The third kappa shape index (κ3) is 4.93. The molecule has 0 aliphatic carbocycles. The largest absolute Gasteiger partial charge is 0.479 e. The molecular weight excluding hydrogens is 408 g/mol. The van der Waals surface area contributed by atoms with Crippen LogP contribution in [0.25, 0.3) is 10.4 Å². The topological polar surface area (TPSA) is 116 Å². The third-order valence-electron chi connectivity index (χ3n) is 3.77. The van der Waals surface area contributed by atoms with Gasteiger partial charge in [-0.2, -0.15) is 0 Å². The molecule has 2 aromatic rings. The Kier molecular flexibility index (Phi) is 7.24. The van der Waals surface area contributed by atoms with Crippen LogP contribution in [0.5, 0.6) is 5.75 Å². The molecule has 28 heavy (non-hydrogen) atoms. The number of hydrogen-bond donors (Lipinski definition) is 3. The number of nitrogens with zero attached hydrogens (tertiary/aromatic N) is 1. The molecule has 8 nitrogen and oxygen atoms in total. The van der Waals surface area contributed by atoms with Crippen molar-refractivity contribution in [2.45, 2.75) is 13.8 Å². The summed E-state index contributed by atoms with van der Waals surface area (Å²) in [6.45, 7) is 4.15. The van der Waals surface area contributed by atoms with Crippen LogP contribution >= 0.6 is 22.9 Å². The summed E-state index contributed by atoms with van der Waals surface area (Å²) < 4.78 is 5.07. The number of thiophene rings is 1. The number of rotatable bonds is 8. The van der Waals surface area contributed by atoms with Crippen LogP contribution < -0.4 is 10.1 Å². The molecule has 1 aromatic carbocycles. The first kappa shape index (κ1) is 21.5. The predicted octanol–water partition coefficient (Wildman–Crippen LogP) is 4.10. The highest BCUT2D eigenvalue weighted by molar-refractivity contribution is 7.18. The van der Waals surface area contributed by atoms with Crippen LogP contribution in [-0.4, -0.2) is 52.8 Å². The smallest absolute Gasteiger partial charge is 0.349 e. The van der Waals surface area contributed by atoms with Gasteiger partial charge in [-0.05, 0) is 31.5 Å². The van der Waals surface area contributed by atoms with E-state index in [1.54, 1.807) is 29.2 Å². The number of urea groups is 1. The maximum absolute atomic E-state index is 12.2. The summed E-state index contributed by atoms with van der Waals surface area (Å²) in [6.07, 6.45) is 0. The van der Waals surface area contributed by atoms with Crippen LogP contribution in [0.2, 0.25) is 5.02 Å². The molecule has 0 aliphatic rings. The summed E-state index contributed by atoms with van der Waals surface area (Å²) in [5, 5.41) is 20.9. The second-order valence-electron chi connectivity index (χ2n) is 5.57. The number of hydrogen-bond acceptors (Lipinski definition) is 5. The summed E-state index contributed by atoms with van der Waals surface area (Å²) in [6, 6.07) is 6.51. The number of carboxylic acid groups (broad SMARTS) is 2. The molecule has 3 N–H and O–H groups in total. The van der Waals surface area contributed by atoms with E-state index in [-0.39, 0.29) is 21.7 Å². The highest BCUT2D eigenvalue weighted by atomic mass is 35.5. The quantitative estimate of drug-likeness (QED) is 0.585. The average molecular weight is 427 g/mol. The predicted molar refractivity (Wildman–Crippen MR) is 107 cm³/mol. The fourth-order valence-electron chi connectivity index (χ4n) is 2.44. The monoisotopic (exact) mass is 426 g/mol. The maximum Gasteiger partial charge on any atom is 0.349 e. The number of carbonyl (C=O) groups excluding carboxylic acids is 1. The van der Waals surface area contributed by atoms with Crippen molar-refractivity contribution in [2.24, 2.45) is 0 Å². The van der Waals surface area contributed by atoms with Gasteiger partial charge in [0.1, 0.15) is 5.02 Å². The first-order chi connectivity index (χ1) is 13.3. The number of carbonyl (C=O) groups is 3. The summed E-state index contributed by atoms with van der Waals surface area (Å²) in [7, 11) is 0. The van der Waals surface area contributed by atoms with E-state index in [2.05, 4.69) is 5.32 Å². The molecule has 0 saturated carbocycles. The van der Waals surface area contributed by atoms with E-state index in [0.717, 1.165) is 11.3 Å². The van der Waals surface area contributed by atoms with Gasteiger partial charge in [-0.25, -0.2) is 14.4 Å². The fourth-order valence-corrected chi connectivity index (χ4v) is 3.84. The van der Waals surface area contributed by atoms with Crippen LogP contribution in [0.15, 0.2) is 24.3 Å². The van der Waals surface area contributed by atoms with E-state index >= 15 is 0 Å². The molecule has 0 atom stereocenters. The highest BCUT2D eigenvalue weighted by Gasteiger charge is 2.25. The first-order valence-electron chi connectivity index (χ1n) is 8.34. The number of amides is 2. The van der Waals surface area contributed by atoms with Gasteiger partial charge in [0.2, 0.25) is 0 Å². The lowest BCUT2D eigenvalue weighted by Gasteiger charge is -2.19. The highest BCUT2D eigenvalue weighted by Crippen LogP contribution is 2.45. The fraction of sp³-hybridized carbons (Fsp3) is 0.278. The molecule has 0 saturated heterocycles. The Hall–Kier alpha value is -2.78. The van der Waals surface area contributed by atoms with E-state index in [0.29, 0.717) is 29.2 Å². The van der Waals surface area contributed by atoms with Crippen molar-refractivity contribution < 1.29 is 29.3 Å². The summed E-state index contributed by atoms with van der Waals surface area (Å²) in [4.78, 5) is 36.3. The molecule has 1 aromatic heterocycles. The van der Waals surface area contributed by atoms with Gasteiger partial charge in [0, 0.05) is 18.8 Å². The molecule has 1 heterocycles. The van der Waals surface area contributed by atoms with Gasteiger partial charge in [-0.15, -0.1) is 11.3 Å². The first-order valence-corrected chi connectivity index (χ1v) is 9.54. The van der Waals surface area contributed by atoms with Crippen molar-refractivity contribution >= 4 is 46.6 Å². The Morgan fingerprint density at radius 3 is 2.46 bits per heavy atom. The third-order valence-corrected chi connectivity index (χ3v) is 5.45. The molecule has 150 valence electrons. The van der Waals surface area contributed by atoms with Gasteiger partial charge in [-0.3, -0.25) is 0 Å². The molecule has 10 heteroatoms. The SMILES string of the molecule is CCN(CC)C(=O)Nc1cccc(-c2sc(C(=O)O)c(OCC(=O)O)c2Cl)c1. The minimum Gasteiger partial charge on any atom is -0.479 e. The number of ether oxygens (including phenoxy) is 1. The number of anilines is 1. The van der Waals surface area contributed by atoms with Crippen molar-refractivity contribution in [1.29, 1.82) is 0 Å². The minimum atomic E-state index is -1.27. The number of benzene rings is 1. The maximum atomic E-state index is 12.2. The molecule has 2 rings (SSSR count). The summed E-state index contributed by atoms with van der Waals surface area (Å²) in [5.74, 6) is -2.71. The van der Waals surface area contributed by atoms with Crippen molar-refractivity contribution in [1.82, 2.24) is 4.90 Å². The number of aromatic carboxylic acids is 1. The van der Waals surface area contributed by atoms with Crippen molar-refractivity contribution in [3.05, 3.63) is 34.2 Å². The van der Waals surface area contributed by atoms with Gasteiger partial charge < -0.3 is 25.2 Å². The molecule has 0 aliphatic heterocycles. The summed E-state index contributed by atoms with van der Waals surface area (Å²) in [5.41, 5.74) is 1.09. The van der Waals surface area contributed by atoms with E-state index in [1.165, 1.54) is 0 Å². The van der Waals surface area contributed by atoms with Crippen LogP contribution in [0, 0.1) is 0 Å². The second kappa shape index (κ2) is 9.43. The number of aliphatic carboxylic acids is 1. The zero-order chi connectivity index (χ0) is 20.8. The Bertz CT molecular complexity index is 894. The van der Waals surface area contributed by atoms with Crippen LogP contribution in [0.3, 0.4) is 0 Å². The Labute approximate surface area is 170 Å². The Morgan fingerprint density at radius 2 is 1.89 bits per heavy atom. The molecule has 0 spiro atoms.